The Morgan fingerprint density at radius 1 is 1.03 bits per heavy atom. The Labute approximate surface area is 185 Å². The Morgan fingerprint density at radius 2 is 1.88 bits per heavy atom. The summed E-state index contributed by atoms with van der Waals surface area (Å²) >= 11 is 0. The van der Waals surface area contributed by atoms with Crippen LogP contribution in [0.4, 0.5) is 5.69 Å². The van der Waals surface area contributed by atoms with E-state index < -0.39 is 15.9 Å². The molecule has 1 aliphatic heterocycles. The van der Waals surface area contributed by atoms with Crippen LogP contribution in [0.2, 0.25) is 0 Å². The lowest BCUT2D eigenvalue weighted by Gasteiger charge is -2.11. The summed E-state index contributed by atoms with van der Waals surface area (Å²) in [6, 6.07) is 15.4. The zero-order valence-electron chi connectivity index (χ0n) is 17.3. The fraction of sp³-hybridized carbons (Fsp3) is 0.286. The summed E-state index contributed by atoms with van der Waals surface area (Å²) in [6.07, 6.45) is 3.50. The van der Waals surface area contributed by atoms with Crippen molar-refractivity contribution in [3.05, 3.63) is 54.6 Å². The van der Waals surface area contributed by atoms with E-state index in [1.807, 2.05) is 30.3 Å². The number of sulfonamides is 1. The van der Waals surface area contributed by atoms with Crippen LogP contribution in [0.25, 0.3) is 11.4 Å². The van der Waals surface area contributed by atoms with Crippen LogP contribution < -0.4 is 10.0 Å². The second-order valence-electron chi connectivity index (χ2n) is 7.33. The predicted molar refractivity (Wildman–Crippen MR) is 119 cm³/mol. The number of rotatable bonds is 6. The van der Waals surface area contributed by atoms with Gasteiger partial charge in [-0.15, -0.1) is 10.2 Å². The molecule has 3 aromatic rings. The van der Waals surface area contributed by atoms with Gasteiger partial charge in [0.25, 0.3) is 10.0 Å². The number of aliphatic imine (C=N–C) groups is 1. The van der Waals surface area contributed by atoms with Crippen molar-refractivity contribution in [1.82, 2.24) is 24.9 Å². The van der Waals surface area contributed by atoms with Gasteiger partial charge in [0, 0.05) is 24.2 Å². The molecular weight excluding hydrogens is 430 g/mol. The third-order valence-corrected chi connectivity index (χ3v) is 6.20. The molecule has 1 aliphatic rings. The van der Waals surface area contributed by atoms with Gasteiger partial charge < -0.3 is 5.32 Å². The summed E-state index contributed by atoms with van der Waals surface area (Å²) in [5, 5.41) is 14.7. The lowest BCUT2D eigenvalue weighted by molar-refractivity contribution is -0.117. The molecular formula is C21H23N7O3S. The van der Waals surface area contributed by atoms with Gasteiger partial charge in [0.15, 0.2) is 0 Å². The molecule has 11 heteroatoms. The first-order valence-electron chi connectivity index (χ1n) is 10.3. The molecule has 2 N–H and O–H groups in total. The van der Waals surface area contributed by atoms with E-state index in [1.54, 1.807) is 12.1 Å². The van der Waals surface area contributed by atoms with Crippen molar-refractivity contribution in [3.8, 4) is 11.4 Å². The molecule has 0 unspecified atom stereocenters. The molecule has 0 atom stereocenters. The minimum atomic E-state index is -3.79. The summed E-state index contributed by atoms with van der Waals surface area (Å²) in [5.74, 6) is 0.486. The first-order valence-corrected chi connectivity index (χ1v) is 11.8. The van der Waals surface area contributed by atoms with E-state index in [4.69, 9.17) is 0 Å². The number of aromatic nitrogens is 4. The molecule has 4 rings (SSSR count). The Bertz CT molecular complexity index is 1220. The summed E-state index contributed by atoms with van der Waals surface area (Å²) in [7, 11) is -3.79. The fourth-order valence-corrected chi connectivity index (χ4v) is 4.39. The summed E-state index contributed by atoms with van der Waals surface area (Å²) in [6.45, 7) is 0.460. The number of tetrazole rings is 1. The maximum atomic E-state index is 12.7. The molecule has 1 aromatic heterocycles. The maximum Gasteiger partial charge on any atom is 0.262 e. The number of nitrogens with zero attached hydrogens (tertiary/aromatic N) is 5. The van der Waals surface area contributed by atoms with E-state index in [0.29, 0.717) is 30.3 Å². The zero-order chi connectivity index (χ0) is 22.4. The van der Waals surface area contributed by atoms with Crippen molar-refractivity contribution in [2.45, 2.75) is 37.1 Å². The molecule has 0 spiro atoms. The number of hydrogen-bond donors (Lipinski definition) is 2. The molecule has 1 amide bonds. The lowest BCUT2D eigenvalue weighted by atomic mass is 10.2. The largest absolute Gasteiger partial charge is 0.324 e. The molecule has 0 saturated heterocycles. The van der Waals surface area contributed by atoms with E-state index in [9.17, 15) is 13.2 Å². The molecule has 2 aromatic carbocycles. The lowest BCUT2D eigenvalue weighted by Crippen LogP contribution is -2.30. The monoisotopic (exact) mass is 453 g/mol. The van der Waals surface area contributed by atoms with Gasteiger partial charge in [-0.05, 0) is 36.3 Å². The third kappa shape index (κ3) is 5.55. The van der Waals surface area contributed by atoms with Gasteiger partial charge >= 0.3 is 0 Å². The average molecular weight is 454 g/mol. The molecule has 0 aliphatic carbocycles. The predicted octanol–water partition coefficient (Wildman–Crippen LogP) is 2.23. The van der Waals surface area contributed by atoms with E-state index in [1.165, 1.54) is 16.9 Å². The zero-order valence-corrected chi connectivity index (χ0v) is 18.1. The first kappa shape index (κ1) is 21.6. The van der Waals surface area contributed by atoms with E-state index in [-0.39, 0.29) is 11.4 Å². The second kappa shape index (κ2) is 9.69. The quantitative estimate of drug-likeness (QED) is 0.588. The molecule has 0 fully saturated rings. The number of nitrogens with one attached hydrogen (secondary N) is 2. The van der Waals surface area contributed by atoms with Crippen LogP contribution in [0.3, 0.4) is 0 Å². The number of carbonyl (C=O) groups is 1. The molecule has 0 radical (unpaired) electrons. The molecule has 32 heavy (non-hydrogen) atoms. The van der Waals surface area contributed by atoms with Crippen molar-refractivity contribution in [2.24, 2.45) is 4.99 Å². The second-order valence-corrected chi connectivity index (χ2v) is 9.01. The number of anilines is 1. The van der Waals surface area contributed by atoms with Crippen molar-refractivity contribution in [3.63, 3.8) is 0 Å². The van der Waals surface area contributed by atoms with Crippen molar-refractivity contribution < 1.29 is 13.2 Å². The van der Waals surface area contributed by atoms with Crippen LogP contribution >= 0.6 is 0 Å². The summed E-state index contributed by atoms with van der Waals surface area (Å²) in [5.41, 5.74) is 1.15. The van der Waals surface area contributed by atoms with Gasteiger partial charge in [0.1, 0.15) is 12.4 Å². The fourth-order valence-electron chi connectivity index (χ4n) is 3.25. The number of hydrogen-bond acceptors (Lipinski definition) is 7. The topological polar surface area (TPSA) is 131 Å². The smallest absolute Gasteiger partial charge is 0.262 e. The van der Waals surface area contributed by atoms with Crippen LogP contribution in [0.1, 0.15) is 25.7 Å². The molecule has 0 saturated carbocycles. The average Bonchev–Trinajstić information content (AvgIpc) is 3.10. The Balaban J connectivity index is 1.41. The molecule has 0 bridgehead atoms. The van der Waals surface area contributed by atoms with Gasteiger partial charge in [0.05, 0.1) is 4.90 Å². The van der Waals surface area contributed by atoms with Gasteiger partial charge in [-0.25, -0.2) is 8.42 Å². The third-order valence-electron chi connectivity index (χ3n) is 4.82. The van der Waals surface area contributed by atoms with Crippen LogP contribution in [-0.2, 0) is 21.4 Å². The SMILES string of the molecule is O=C(Cn1nnc(-c2ccccc2)n1)Nc1cccc(S(=O)(=O)NC2=NCCCCC2)c1. The van der Waals surface area contributed by atoms with Crippen molar-refractivity contribution >= 4 is 27.5 Å². The normalized spacial score (nSPS) is 14.3. The van der Waals surface area contributed by atoms with Crippen LogP contribution in [0, 0.1) is 0 Å². The van der Waals surface area contributed by atoms with Gasteiger partial charge in [-0.3, -0.25) is 14.5 Å². The van der Waals surface area contributed by atoms with E-state index in [2.05, 4.69) is 30.4 Å². The summed E-state index contributed by atoms with van der Waals surface area (Å²) in [4.78, 5) is 18.0. The molecule has 166 valence electrons. The molecule has 2 heterocycles. The minimum absolute atomic E-state index is 0.0486. The van der Waals surface area contributed by atoms with Crippen LogP contribution in [0.5, 0.6) is 0 Å². The highest BCUT2D eigenvalue weighted by Gasteiger charge is 2.18. The minimum Gasteiger partial charge on any atom is -0.324 e. The number of carbonyl (C=O) groups excluding carboxylic acids is 1. The highest BCUT2D eigenvalue weighted by molar-refractivity contribution is 7.90. The van der Waals surface area contributed by atoms with E-state index >= 15 is 0 Å². The van der Waals surface area contributed by atoms with Crippen molar-refractivity contribution in [2.75, 3.05) is 11.9 Å². The standard InChI is InChI=1S/C21H23N7O3S/c29-20(15-28-25-21(24-27-28)16-8-3-1-4-9-16)23-17-10-7-11-18(14-17)32(30,31)26-19-12-5-2-6-13-22-19/h1,3-4,7-11,14H,2,5-6,12-13,15H2,(H,22,26)(H,23,29). The Kier molecular flexibility index (Phi) is 6.55. The van der Waals surface area contributed by atoms with Crippen LogP contribution in [0.15, 0.2) is 64.5 Å². The number of amides is 1. The maximum absolute atomic E-state index is 12.7. The first-order chi connectivity index (χ1) is 15.5. The van der Waals surface area contributed by atoms with Crippen LogP contribution in [-0.4, -0.2) is 46.9 Å². The molecule has 10 nitrogen and oxygen atoms in total. The highest BCUT2D eigenvalue weighted by atomic mass is 32.2. The van der Waals surface area contributed by atoms with Gasteiger partial charge in [-0.1, -0.05) is 42.8 Å². The van der Waals surface area contributed by atoms with Gasteiger partial charge in [-0.2, -0.15) is 4.80 Å². The number of benzene rings is 2. The van der Waals surface area contributed by atoms with E-state index in [0.717, 1.165) is 24.8 Å². The highest BCUT2D eigenvalue weighted by Crippen LogP contribution is 2.17. The Hall–Kier alpha value is -3.60. The van der Waals surface area contributed by atoms with Gasteiger partial charge in [0.2, 0.25) is 11.7 Å². The van der Waals surface area contributed by atoms with Crippen molar-refractivity contribution in [1.29, 1.82) is 0 Å². The Morgan fingerprint density at radius 3 is 2.72 bits per heavy atom. The number of amidine groups is 1. The summed E-state index contributed by atoms with van der Waals surface area (Å²) < 4.78 is 28.1.